The molecule has 1 heterocycles. The van der Waals surface area contributed by atoms with Gasteiger partial charge in [0.1, 0.15) is 0 Å². The first-order chi connectivity index (χ1) is 6.83. The zero-order chi connectivity index (χ0) is 9.97. The molecular formula is C11H11BrFN. The molecule has 2 aromatic rings. The summed E-state index contributed by atoms with van der Waals surface area (Å²) in [6, 6.07) is 8.12. The third-order valence-electron chi connectivity index (χ3n) is 2.29. The highest BCUT2D eigenvalue weighted by Gasteiger charge is 2.02. The minimum atomic E-state index is -0.256. The smallest absolute Gasteiger partial charge is 0.0911 e. The summed E-state index contributed by atoms with van der Waals surface area (Å²) in [5.74, 6) is 0. The molecule has 0 aliphatic heterocycles. The van der Waals surface area contributed by atoms with Crippen molar-refractivity contribution in [1.29, 1.82) is 0 Å². The third kappa shape index (κ3) is 1.69. The Hall–Kier alpha value is -0.830. The highest BCUT2D eigenvalue weighted by molar-refractivity contribution is 9.10. The number of nitrogens with zero attached hydrogens (tertiary/aromatic N) is 1. The van der Waals surface area contributed by atoms with Crippen LogP contribution in [0, 0.1) is 0 Å². The number of hydrogen-bond acceptors (Lipinski definition) is 0. The van der Waals surface area contributed by atoms with E-state index in [0.29, 0.717) is 6.42 Å². The van der Waals surface area contributed by atoms with Crippen molar-refractivity contribution in [2.45, 2.75) is 13.0 Å². The first kappa shape index (κ1) is 9.71. The lowest BCUT2D eigenvalue weighted by Crippen LogP contribution is -1.96. The molecule has 0 atom stereocenters. The van der Waals surface area contributed by atoms with E-state index in [4.69, 9.17) is 0 Å². The number of benzene rings is 1. The van der Waals surface area contributed by atoms with Crippen molar-refractivity contribution in [2.75, 3.05) is 6.67 Å². The fraction of sp³-hybridized carbons (Fsp3) is 0.273. The molecule has 0 saturated carbocycles. The van der Waals surface area contributed by atoms with Gasteiger partial charge in [0, 0.05) is 28.1 Å². The molecular weight excluding hydrogens is 245 g/mol. The van der Waals surface area contributed by atoms with E-state index in [9.17, 15) is 4.39 Å². The van der Waals surface area contributed by atoms with Crippen LogP contribution in [0.5, 0.6) is 0 Å². The van der Waals surface area contributed by atoms with Gasteiger partial charge in [0.15, 0.2) is 0 Å². The topological polar surface area (TPSA) is 4.93 Å². The highest BCUT2D eigenvalue weighted by atomic mass is 79.9. The molecule has 1 aromatic heterocycles. The van der Waals surface area contributed by atoms with Crippen molar-refractivity contribution in [1.82, 2.24) is 4.57 Å². The molecule has 0 amide bonds. The van der Waals surface area contributed by atoms with E-state index in [1.165, 1.54) is 5.39 Å². The molecule has 0 fully saturated rings. The van der Waals surface area contributed by atoms with Crippen LogP contribution in [0.25, 0.3) is 10.9 Å². The average Bonchev–Trinajstić information content (AvgIpc) is 2.60. The molecule has 1 nitrogen and oxygen atoms in total. The monoisotopic (exact) mass is 255 g/mol. The Kier molecular flexibility index (Phi) is 2.87. The Labute approximate surface area is 90.7 Å². The normalized spacial score (nSPS) is 11.0. The van der Waals surface area contributed by atoms with Gasteiger partial charge in [-0.2, -0.15) is 0 Å². The van der Waals surface area contributed by atoms with E-state index in [1.807, 2.05) is 18.3 Å². The molecule has 0 N–H and O–H groups in total. The van der Waals surface area contributed by atoms with Crippen LogP contribution in [0.15, 0.2) is 34.9 Å². The van der Waals surface area contributed by atoms with Crippen LogP contribution in [0.1, 0.15) is 6.42 Å². The van der Waals surface area contributed by atoms with Gasteiger partial charge in [-0.15, -0.1) is 0 Å². The second-order valence-corrected chi connectivity index (χ2v) is 4.08. The number of hydrogen-bond donors (Lipinski definition) is 0. The van der Waals surface area contributed by atoms with Gasteiger partial charge in [-0.1, -0.05) is 22.0 Å². The number of aryl methyl sites for hydroxylation is 1. The number of aromatic nitrogens is 1. The standard InChI is InChI=1S/C11H11BrFN/c12-10-3-1-4-11-9(10)5-8-14(11)7-2-6-13/h1,3-5,8H,2,6-7H2. The first-order valence-corrected chi connectivity index (χ1v) is 5.41. The van der Waals surface area contributed by atoms with Gasteiger partial charge < -0.3 is 4.57 Å². The van der Waals surface area contributed by atoms with E-state index in [-0.39, 0.29) is 6.67 Å². The largest absolute Gasteiger partial charge is 0.347 e. The maximum atomic E-state index is 12.0. The van der Waals surface area contributed by atoms with E-state index in [0.717, 1.165) is 16.5 Å². The van der Waals surface area contributed by atoms with Gasteiger partial charge in [-0.25, -0.2) is 0 Å². The second kappa shape index (κ2) is 4.13. The van der Waals surface area contributed by atoms with Gasteiger partial charge in [-0.05, 0) is 24.6 Å². The van der Waals surface area contributed by atoms with Crippen LogP contribution in [0.4, 0.5) is 4.39 Å². The quantitative estimate of drug-likeness (QED) is 0.787. The lowest BCUT2D eigenvalue weighted by atomic mass is 10.2. The van der Waals surface area contributed by atoms with Crippen molar-refractivity contribution in [2.24, 2.45) is 0 Å². The van der Waals surface area contributed by atoms with E-state index in [2.05, 4.69) is 32.6 Å². The fourth-order valence-corrected chi connectivity index (χ4v) is 2.10. The molecule has 74 valence electrons. The van der Waals surface area contributed by atoms with E-state index >= 15 is 0 Å². The molecule has 1 aromatic carbocycles. The zero-order valence-electron chi connectivity index (χ0n) is 7.71. The first-order valence-electron chi connectivity index (χ1n) is 4.62. The Morgan fingerprint density at radius 1 is 1.29 bits per heavy atom. The highest BCUT2D eigenvalue weighted by Crippen LogP contribution is 2.24. The van der Waals surface area contributed by atoms with Crippen LogP contribution in [0.3, 0.4) is 0 Å². The lowest BCUT2D eigenvalue weighted by molar-refractivity contribution is 0.450. The average molecular weight is 256 g/mol. The van der Waals surface area contributed by atoms with Crippen molar-refractivity contribution >= 4 is 26.8 Å². The summed E-state index contributed by atoms with van der Waals surface area (Å²) in [5.41, 5.74) is 1.16. The van der Waals surface area contributed by atoms with Gasteiger partial charge in [0.25, 0.3) is 0 Å². The Morgan fingerprint density at radius 2 is 2.14 bits per heavy atom. The summed E-state index contributed by atoms with van der Waals surface area (Å²) in [6.45, 7) is 0.490. The van der Waals surface area contributed by atoms with Crippen molar-refractivity contribution in [3.63, 3.8) is 0 Å². The Bertz CT molecular complexity index is 436. The molecule has 0 aliphatic carbocycles. The summed E-state index contributed by atoms with van der Waals surface area (Å²) in [6.07, 6.45) is 2.58. The van der Waals surface area contributed by atoms with Gasteiger partial charge in [-0.3, -0.25) is 4.39 Å². The molecule has 0 spiro atoms. The van der Waals surface area contributed by atoms with Gasteiger partial charge in [0.05, 0.1) is 6.67 Å². The van der Waals surface area contributed by atoms with Crippen LogP contribution < -0.4 is 0 Å². The van der Waals surface area contributed by atoms with Crippen LogP contribution in [-0.2, 0) is 6.54 Å². The third-order valence-corrected chi connectivity index (χ3v) is 2.98. The maximum Gasteiger partial charge on any atom is 0.0911 e. The molecule has 3 heteroatoms. The predicted octanol–water partition coefficient (Wildman–Crippen LogP) is 3.76. The summed E-state index contributed by atoms with van der Waals surface area (Å²) < 4.78 is 15.2. The zero-order valence-corrected chi connectivity index (χ0v) is 9.30. The maximum absolute atomic E-state index is 12.0. The molecule has 0 saturated heterocycles. The van der Waals surface area contributed by atoms with Crippen LogP contribution in [-0.4, -0.2) is 11.2 Å². The predicted molar refractivity (Wildman–Crippen MR) is 60.2 cm³/mol. The lowest BCUT2D eigenvalue weighted by Gasteiger charge is -2.03. The molecule has 0 radical (unpaired) electrons. The minimum Gasteiger partial charge on any atom is -0.347 e. The van der Waals surface area contributed by atoms with Gasteiger partial charge >= 0.3 is 0 Å². The summed E-state index contributed by atoms with van der Waals surface area (Å²) in [4.78, 5) is 0. The second-order valence-electron chi connectivity index (χ2n) is 3.22. The van der Waals surface area contributed by atoms with Gasteiger partial charge in [0.2, 0.25) is 0 Å². The van der Waals surface area contributed by atoms with Crippen molar-refractivity contribution in [3.8, 4) is 0 Å². The number of rotatable bonds is 3. The van der Waals surface area contributed by atoms with Crippen molar-refractivity contribution < 1.29 is 4.39 Å². The fourth-order valence-electron chi connectivity index (χ4n) is 1.61. The summed E-state index contributed by atoms with van der Waals surface area (Å²) in [7, 11) is 0. The van der Waals surface area contributed by atoms with Crippen molar-refractivity contribution in [3.05, 3.63) is 34.9 Å². The molecule has 0 unspecified atom stereocenters. The molecule has 0 bridgehead atoms. The molecule has 2 rings (SSSR count). The molecule has 14 heavy (non-hydrogen) atoms. The Morgan fingerprint density at radius 3 is 2.93 bits per heavy atom. The SMILES string of the molecule is FCCCn1ccc2c(Br)cccc21. The van der Waals surface area contributed by atoms with E-state index < -0.39 is 0 Å². The minimum absolute atomic E-state index is 0.256. The number of halogens is 2. The number of alkyl halides is 1. The van der Waals surface area contributed by atoms with Crippen LogP contribution >= 0.6 is 15.9 Å². The number of fused-ring (bicyclic) bond motifs is 1. The Balaban J connectivity index is 2.42. The molecule has 0 aliphatic rings. The van der Waals surface area contributed by atoms with E-state index in [1.54, 1.807) is 0 Å². The van der Waals surface area contributed by atoms with Crippen LogP contribution in [0.2, 0.25) is 0 Å². The summed E-state index contributed by atoms with van der Waals surface area (Å²) >= 11 is 3.49. The summed E-state index contributed by atoms with van der Waals surface area (Å²) in [5, 5.41) is 1.19.